The number of hydrogen-bond donors (Lipinski definition) is 2. The summed E-state index contributed by atoms with van der Waals surface area (Å²) in [5.74, 6) is -1.36. The molecule has 2 aromatic heterocycles. The van der Waals surface area contributed by atoms with Gasteiger partial charge in [-0.25, -0.2) is 8.78 Å². The summed E-state index contributed by atoms with van der Waals surface area (Å²) in [6.45, 7) is 0. The van der Waals surface area contributed by atoms with Gasteiger partial charge in [0.25, 0.3) is 5.89 Å². The van der Waals surface area contributed by atoms with Gasteiger partial charge in [0.2, 0.25) is 5.82 Å². The number of nitrogens with one attached hydrogen (secondary N) is 1. The van der Waals surface area contributed by atoms with Gasteiger partial charge in [-0.15, -0.1) is 0 Å². The number of aromatic nitrogens is 4. The Morgan fingerprint density at radius 2 is 2.05 bits per heavy atom. The van der Waals surface area contributed by atoms with Gasteiger partial charge in [-0.3, -0.25) is 5.10 Å². The fourth-order valence-electron chi connectivity index (χ4n) is 1.55. The van der Waals surface area contributed by atoms with E-state index in [1.807, 2.05) is 0 Å². The van der Waals surface area contributed by atoms with Crippen LogP contribution in [0.3, 0.4) is 0 Å². The standard InChI is InChI=1S/C11H7F2N5O/c12-7-2-1-5(3-8(7)13)10-16-11(19-18-10)6-4-15-17-9(6)14/h1-4H,(H3,14,15,17). The highest BCUT2D eigenvalue weighted by molar-refractivity contribution is 5.67. The molecule has 0 bridgehead atoms. The average Bonchev–Trinajstić information content (AvgIpc) is 3.01. The van der Waals surface area contributed by atoms with Crippen molar-refractivity contribution in [3.8, 4) is 22.8 Å². The van der Waals surface area contributed by atoms with Gasteiger partial charge in [-0.1, -0.05) is 5.16 Å². The molecule has 1 aromatic carbocycles. The van der Waals surface area contributed by atoms with E-state index in [9.17, 15) is 8.78 Å². The molecule has 0 aliphatic heterocycles. The number of hydrogen-bond acceptors (Lipinski definition) is 5. The summed E-state index contributed by atoms with van der Waals surface area (Å²) in [6.07, 6.45) is 1.43. The van der Waals surface area contributed by atoms with Gasteiger partial charge in [0.1, 0.15) is 11.4 Å². The molecular weight excluding hydrogens is 256 g/mol. The molecule has 0 fully saturated rings. The summed E-state index contributed by atoms with van der Waals surface area (Å²) in [4.78, 5) is 4.05. The number of benzene rings is 1. The lowest BCUT2D eigenvalue weighted by Crippen LogP contribution is -1.88. The third-order valence-corrected chi connectivity index (χ3v) is 2.50. The summed E-state index contributed by atoms with van der Waals surface area (Å²) >= 11 is 0. The molecule has 0 atom stereocenters. The van der Waals surface area contributed by atoms with E-state index in [-0.39, 0.29) is 17.5 Å². The van der Waals surface area contributed by atoms with Crippen molar-refractivity contribution in [2.24, 2.45) is 0 Å². The van der Waals surface area contributed by atoms with E-state index >= 15 is 0 Å². The topological polar surface area (TPSA) is 93.6 Å². The van der Waals surface area contributed by atoms with Crippen molar-refractivity contribution in [1.29, 1.82) is 0 Å². The van der Waals surface area contributed by atoms with Crippen LogP contribution in [0.15, 0.2) is 28.9 Å². The van der Waals surface area contributed by atoms with Crippen LogP contribution in [0, 0.1) is 11.6 Å². The van der Waals surface area contributed by atoms with Gasteiger partial charge in [-0.05, 0) is 18.2 Å². The molecule has 6 nitrogen and oxygen atoms in total. The first kappa shape index (κ1) is 11.3. The van der Waals surface area contributed by atoms with Gasteiger partial charge < -0.3 is 10.3 Å². The summed E-state index contributed by atoms with van der Waals surface area (Å²) in [6, 6.07) is 3.33. The van der Waals surface area contributed by atoms with Crippen LogP contribution in [-0.2, 0) is 0 Å². The molecule has 3 rings (SSSR count). The number of anilines is 1. The lowest BCUT2D eigenvalue weighted by molar-refractivity contribution is 0.432. The fourth-order valence-corrected chi connectivity index (χ4v) is 1.55. The first-order valence-corrected chi connectivity index (χ1v) is 5.23. The van der Waals surface area contributed by atoms with E-state index in [0.29, 0.717) is 11.1 Å². The molecule has 19 heavy (non-hydrogen) atoms. The Morgan fingerprint density at radius 3 is 2.74 bits per heavy atom. The van der Waals surface area contributed by atoms with Crippen molar-refractivity contribution in [2.75, 3.05) is 5.73 Å². The van der Waals surface area contributed by atoms with Gasteiger partial charge in [0.05, 0.1) is 6.20 Å². The molecule has 0 radical (unpaired) electrons. The first-order valence-electron chi connectivity index (χ1n) is 5.23. The zero-order valence-corrected chi connectivity index (χ0v) is 9.39. The highest BCUT2D eigenvalue weighted by atomic mass is 19.2. The van der Waals surface area contributed by atoms with Crippen LogP contribution >= 0.6 is 0 Å². The molecule has 0 saturated heterocycles. The lowest BCUT2D eigenvalue weighted by atomic mass is 10.2. The van der Waals surface area contributed by atoms with Crippen molar-refractivity contribution >= 4 is 5.82 Å². The summed E-state index contributed by atoms with van der Waals surface area (Å²) in [5, 5.41) is 9.92. The number of halogens is 2. The number of rotatable bonds is 2. The number of H-pyrrole nitrogens is 1. The van der Waals surface area contributed by atoms with Crippen molar-refractivity contribution in [1.82, 2.24) is 20.3 Å². The second-order valence-corrected chi connectivity index (χ2v) is 3.75. The minimum atomic E-state index is -0.980. The number of aromatic amines is 1. The molecule has 8 heteroatoms. The number of nitrogens with two attached hydrogens (primary N) is 1. The molecule has 2 heterocycles. The van der Waals surface area contributed by atoms with E-state index in [2.05, 4.69) is 20.3 Å². The first-order chi connectivity index (χ1) is 9.15. The second-order valence-electron chi connectivity index (χ2n) is 3.75. The van der Waals surface area contributed by atoms with E-state index in [0.717, 1.165) is 12.1 Å². The predicted molar refractivity (Wildman–Crippen MR) is 61.6 cm³/mol. The Hall–Kier alpha value is -2.77. The monoisotopic (exact) mass is 263 g/mol. The lowest BCUT2D eigenvalue weighted by Gasteiger charge is -1.95. The minimum Gasteiger partial charge on any atom is -0.383 e. The van der Waals surface area contributed by atoms with Crippen LogP contribution in [0.4, 0.5) is 14.6 Å². The van der Waals surface area contributed by atoms with Crippen molar-refractivity contribution in [3.63, 3.8) is 0 Å². The third-order valence-electron chi connectivity index (χ3n) is 2.50. The highest BCUT2D eigenvalue weighted by Gasteiger charge is 2.15. The largest absolute Gasteiger partial charge is 0.383 e. The van der Waals surface area contributed by atoms with Crippen LogP contribution in [0.5, 0.6) is 0 Å². The van der Waals surface area contributed by atoms with Crippen LogP contribution in [0.25, 0.3) is 22.8 Å². The van der Waals surface area contributed by atoms with Crippen molar-refractivity contribution in [2.45, 2.75) is 0 Å². The minimum absolute atomic E-state index is 0.134. The Labute approximate surface area is 105 Å². The van der Waals surface area contributed by atoms with Crippen molar-refractivity contribution < 1.29 is 13.3 Å². The van der Waals surface area contributed by atoms with Gasteiger partial charge >= 0.3 is 0 Å². The van der Waals surface area contributed by atoms with E-state index in [4.69, 9.17) is 10.3 Å². The maximum atomic E-state index is 13.1. The molecular formula is C11H7F2N5O. The Kier molecular flexibility index (Phi) is 2.48. The Morgan fingerprint density at radius 1 is 1.21 bits per heavy atom. The zero-order valence-electron chi connectivity index (χ0n) is 9.39. The predicted octanol–water partition coefficient (Wildman–Crippen LogP) is 1.99. The van der Waals surface area contributed by atoms with E-state index < -0.39 is 11.6 Å². The average molecular weight is 263 g/mol. The normalized spacial score (nSPS) is 10.8. The van der Waals surface area contributed by atoms with Crippen LogP contribution < -0.4 is 5.73 Å². The summed E-state index contributed by atoms with van der Waals surface area (Å²) < 4.78 is 30.9. The fraction of sp³-hybridized carbons (Fsp3) is 0. The molecule has 0 aliphatic rings. The highest BCUT2D eigenvalue weighted by Crippen LogP contribution is 2.25. The molecule has 3 N–H and O–H groups in total. The van der Waals surface area contributed by atoms with E-state index in [1.54, 1.807) is 0 Å². The van der Waals surface area contributed by atoms with Crippen LogP contribution in [0.2, 0.25) is 0 Å². The molecule has 0 unspecified atom stereocenters. The molecule has 0 saturated carbocycles. The SMILES string of the molecule is Nc1[nH]ncc1-c1nc(-c2ccc(F)c(F)c2)no1. The van der Waals surface area contributed by atoms with E-state index in [1.165, 1.54) is 12.3 Å². The van der Waals surface area contributed by atoms with Gasteiger partial charge in [-0.2, -0.15) is 10.1 Å². The summed E-state index contributed by atoms with van der Waals surface area (Å²) in [7, 11) is 0. The number of nitrogen functional groups attached to an aromatic ring is 1. The number of nitrogens with zero attached hydrogens (tertiary/aromatic N) is 3. The quantitative estimate of drug-likeness (QED) is 0.737. The van der Waals surface area contributed by atoms with Crippen molar-refractivity contribution in [3.05, 3.63) is 36.0 Å². The zero-order chi connectivity index (χ0) is 13.4. The molecule has 96 valence electrons. The van der Waals surface area contributed by atoms with Gasteiger partial charge in [0, 0.05) is 5.56 Å². The second kappa shape index (κ2) is 4.16. The van der Waals surface area contributed by atoms with Gasteiger partial charge in [0.15, 0.2) is 11.6 Å². The smallest absolute Gasteiger partial charge is 0.263 e. The Bertz CT molecular complexity index is 736. The third kappa shape index (κ3) is 1.92. The maximum absolute atomic E-state index is 13.1. The summed E-state index contributed by atoms with van der Waals surface area (Å²) in [5.41, 5.74) is 6.36. The maximum Gasteiger partial charge on any atom is 0.263 e. The van der Waals surface area contributed by atoms with Crippen LogP contribution in [-0.4, -0.2) is 20.3 Å². The molecule has 3 aromatic rings. The van der Waals surface area contributed by atoms with Crippen LogP contribution in [0.1, 0.15) is 0 Å². The molecule has 0 spiro atoms. The Balaban J connectivity index is 2.01. The molecule has 0 amide bonds. The molecule has 0 aliphatic carbocycles.